The van der Waals surface area contributed by atoms with Crippen molar-refractivity contribution >= 4 is 11.7 Å². The normalized spacial score (nSPS) is 11.2. The molecule has 0 radical (unpaired) electrons. The van der Waals surface area contributed by atoms with Gasteiger partial charge in [0.15, 0.2) is 0 Å². The molecule has 1 rings (SSSR count). The maximum Gasteiger partial charge on any atom is 0.416 e. The van der Waals surface area contributed by atoms with Crippen LogP contribution in [0.1, 0.15) is 29.3 Å². The van der Waals surface area contributed by atoms with Gasteiger partial charge in [0.1, 0.15) is 0 Å². The summed E-state index contributed by atoms with van der Waals surface area (Å²) in [6, 6.07) is 3.53. The predicted molar refractivity (Wildman–Crippen MR) is 69.9 cm³/mol. The minimum absolute atomic E-state index is 0.0784. The van der Waals surface area contributed by atoms with Crippen molar-refractivity contribution in [1.82, 2.24) is 5.32 Å². The molecule has 0 saturated carbocycles. The van der Waals surface area contributed by atoms with E-state index in [0.717, 1.165) is 24.3 Å². The predicted octanol–water partition coefficient (Wildman–Crippen LogP) is 2.43. The summed E-state index contributed by atoms with van der Waals surface area (Å²) in [5.41, 5.74) is -0.943. The highest BCUT2D eigenvalue weighted by Gasteiger charge is 2.30. The number of carbonyl (C=O) groups excluding carboxylic acids is 2. The minimum atomic E-state index is -4.47. The Hall–Kier alpha value is -1.89. The SMILES string of the molecule is CCOCCCNC(=O)C(=O)c1ccc(C(F)(F)F)cc1. The van der Waals surface area contributed by atoms with Gasteiger partial charge in [-0.1, -0.05) is 12.1 Å². The van der Waals surface area contributed by atoms with Gasteiger partial charge < -0.3 is 10.1 Å². The fourth-order valence-electron chi connectivity index (χ4n) is 1.54. The topological polar surface area (TPSA) is 55.4 Å². The summed E-state index contributed by atoms with van der Waals surface area (Å²) < 4.78 is 42.2. The molecule has 0 unspecified atom stereocenters. The minimum Gasteiger partial charge on any atom is -0.382 e. The van der Waals surface area contributed by atoms with Gasteiger partial charge in [0, 0.05) is 25.3 Å². The van der Waals surface area contributed by atoms with E-state index in [-0.39, 0.29) is 12.1 Å². The van der Waals surface area contributed by atoms with Gasteiger partial charge in [-0.2, -0.15) is 13.2 Å². The number of halogens is 3. The molecular formula is C14H16F3NO3. The molecule has 0 aliphatic heterocycles. The van der Waals surface area contributed by atoms with Gasteiger partial charge in [-0.05, 0) is 25.5 Å². The molecule has 0 spiro atoms. The molecule has 1 amide bonds. The number of alkyl halides is 3. The Morgan fingerprint density at radius 1 is 1.19 bits per heavy atom. The van der Waals surface area contributed by atoms with Crippen LogP contribution in [0.2, 0.25) is 0 Å². The highest BCUT2D eigenvalue weighted by atomic mass is 19.4. The average Bonchev–Trinajstić information content (AvgIpc) is 2.45. The van der Waals surface area contributed by atoms with Gasteiger partial charge in [-0.3, -0.25) is 9.59 Å². The van der Waals surface area contributed by atoms with Crippen LogP contribution >= 0.6 is 0 Å². The zero-order chi connectivity index (χ0) is 15.9. The van der Waals surface area contributed by atoms with E-state index in [1.54, 1.807) is 0 Å². The molecular weight excluding hydrogens is 287 g/mol. The summed E-state index contributed by atoms with van der Waals surface area (Å²) in [7, 11) is 0. The van der Waals surface area contributed by atoms with E-state index < -0.39 is 23.4 Å². The first kappa shape index (κ1) is 17.2. The summed E-state index contributed by atoms with van der Waals surface area (Å²) >= 11 is 0. The molecule has 0 aliphatic rings. The van der Waals surface area contributed by atoms with Crippen LogP contribution in [-0.4, -0.2) is 31.4 Å². The largest absolute Gasteiger partial charge is 0.416 e. The van der Waals surface area contributed by atoms with Gasteiger partial charge >= 0.3 is 6.18 Å². The van der Waals surface area contributed by atoms with Gasteiger partial charge in [0.2, 0.25) is 5.78 Å². The van der Waals surface area contributed by atoms with Gasteiger partial charge in [-0.25, -0.2) is 0 Å². The van der Waals surface area contributed by atoms with Crippen LogP contribution in [0.3, 0.4) is 0 Å². The van der Waals surface area contributed by atoms with Gasteiger partial charge in [0.05, 0.1) is 5.56 Å². The van der Waals surface area contributed by atoms with Crippen LogP contribution in [0, 0.1) is 0 Å². The molecule has 116 valence electrons. The first-order valence-corrected chi connectivity index (χ1v) is 6.43. The average molecular weight is 303 g/mol. The lowest BCUT2D eigenvalue weighted by atomic mass is 10.1. The number of nitrogens with one attached hydrogen (secondary N) is 1. The van der Waals surface area contributed by atoms with E-state index in [1.165, 1.54) is 0 Å². The molecule has 1 aromatic carbocycles. The van der Waals surface area contributed by atoms with Crippen molar-refractivity contribution < 1.29 is 27.5 Å². The molecule has 1 aromatic rings. The monoisotopic (exact) mass is 303 g/mol. The number of rotatable bonds is 7. The Balaban J connectivity index is 2.53. The van der Waals surface area contributed by atoms with Gasteiger partial charge in [-0.15, -0.1) is 0 Å². The first-order chi connectivity index (χ1) is 9.86. The third-order valence-electron chi connectivity index (χ3n) is 2.64. The summed E-state index contributed by atoms with van der Waals surface area (Å²) in [5, 5.41) is 2.39. The van der Waals surface area contributed by atoms with Crippen LogP contribution in [0.15, 0.2) is 24.3 Å². The molecule has 7 heteroatoms. The summed E-state index contributed by atoms with van der Waals surface area (Å²) in [6.07, 6.45) is -3.91. The summed E-state index contributed by atoms with van der Waals surface area (Å²) in [6.45, 7) is 3.14. The number of carbonyl (C=O) groups is 2. The van der Waals surface area contributed by atoms with Crippen molar-refractivity contribution in [2.45, 2.75) is 19.5 Å². The number of Topliss-reactive ketones (excluding diaryl/α,β-unsaturated/α-hetero) is 1. The van der Waals surface area contributed by atoms with E-state index in [9.17, 15) is 22.8 Å². The molecule has 0 bridgehead atoms. The van der Waals surface area contributed by atoms with Crippen molar-refractivity contribution in [1.29, 1.82) is 0 Å². The van der Waals surface area contributed by atoms with Crippen molar-refractivity contribution in [3.63, 3.8) is 0 Å². The number of ether oxygens (including phenoxy) is 1. The molecule has 1 N–H and O–H groups in total. The molecule has 0 fully saturated rings. The summed E-state index contributed by atoms with van der Waals surface area (Å²) in [4.78, 5) is 23.2. The lowest BCUT2D eigenvalue weighted by molar-refractivity contribution is -0.137. The third kappa shape index (κ3) is 5.55. The maximum atomic E-state index is 12.4. The van der Waals surface area contributed by atoms with Crippen LogP contribution in [-0.2, 0) is 15.7 Å². The standard InChI is InChI=1S/C14H16F3NO3/c1-2-21-9-3-8-18-13(20)12(19)10-4-6-11(7-5-10)14(15,16)17/h4-7H,2-3,8-9H2,1H3,(H,18,20). The van der Waals surface area contributed by atoms with Crippen LogP contribution < -0.4 is 5.32 Å². The van der Waals surface area contributed by atoms with Gasteiger partial charge in [0.25, 0.3) is 5.91 Å². The molecule has 0 aliphatic carbocycles. The Labute approximate surface area is 120 Å². The smallest absolute Gasteiger partial charge is 0.382 e. The van der Waals surface area contributed by atoms with Crippen molar-refractivity contribution in [2.24, 2.45) is 0 Å². The number of ketones is 1. The fraction of sp³-hybridized carbons (Fsp3) is 0.429. The zero-order valence-corrected chi connectivity index (χ0v) is 11.5. The molecule has 0 aromatic heterocycles. The molecule has 0 saturated heterocycles. The molecule has 4 nitrogen and oxygen atoms in total. The third-order valence-corrected chi connectivity index (χ3v) is 2.64. The Morgan fingerprint density at radius 3 is 2.33 bits per heavy atom. The Morgan fingerprint density at radius 2 is 1.81 bits per heavy atom. The molecule has 21 heavy (non-hydrogen) atoms. The van der Waals surface area contributed by atoms with E-state index in [2.05, 4.69) is 5.32 Å². The Bertz CT molecular complexity index is 483. The van der Waals surface area contributed by atoms with Crippen molar-refractivity contribution in [3.8, 4) is 0 Å². The van der Waals surface area contributed by atoms with E-state index in [1.807, 2.05) is 6.92 Å². The lowest BCUT2D eigenvalue weighted by Crippen LogP contribution is -2.32. The highest BCUT2D eigenvalue weighted by Crippen LogP contribution is 2.29. The van der Waals surface area contributed by atoms with Crippen LogP contribution in [0.25, 0.3) is 0 Å². The lowest BCUT2D eigenvalue weighted by Gasteiger charge is -2.07. The molecule has 0 atom stereocenters. The van der Waals surface area contributed by atoms with Crippen LogP contribution in [0.4, 0.5) is 13.2 Å². The fourth-order valence-corrected chi connectivity index (χ4v) is 1.54. The van der Waals surface area contributed by atoms with Crippen molar-refractivity contribution in [3.05, 3.63) is 35.4 Å². The second-order valence-electron chi connectivity index (χ2n) is 4.21. The van der Waals surface area contributed by atoms with E-state index in [4.69, 9.17) is 4.74 Å². The van der Waals surface area contributed by atoms with Crippen molar-refractivity contribution in [2.75, 3.05) is 19.8 Å². The number of hydrogen-bond donors (Lipinski definition) is 1. The zero-order valence-electron chi connectivity index (χ0n) is 11.5. The first-order valence-electron chi connectivity index (χ1n) is 6.43. The van der Waals surface area contributed by atoms with E-state index >= 15 is 0 Å². The number of amides is 1. The molecule has 0 heterocycles. The van der Waals surface area contributed by atoms with E-state index in [0.29, 0.717) is 19.6 Å². The summed E-state index contributed by atoms with van der Waals surface area (Å²) in [5.74, 6) is -1.70. The highest BCUT2D eigenvalue weighted by molar-refractivity contribution is 6.42. The Kier molecular flexibility index (Phi) is 6.36. The quantitative estimate of drug-likeness (QED) is 0.478. The maximum absolute atomic E-state index is 12.4. The number of hydrogen-bond acceptors (Lipinski definition) is 3. The van der Waals surface area contributed by atoms with Crippen LogP contribution in [0.5, 0.6) is 0 Å². The second kappa shape index (κ2) is 7.78. The number of benzene rings is 1. The second-order valence-corrected chi connectivity index (χ2v) is 4.21.